The van der Waals surface area contributed by atoms with Gasteiger partial charge in [0, 0.05) is 0 Å². The highest BCUT2D eigenvalue weighted by Gasteiger charge is 2.40. The minimum atomic E-state index is -5.02. The van der Waals surface area contributed by atoms with Crippen LogP contribution in [0.3, 0.4) is 0 Å². The number of carbonyl (C=O) groups excluding carboxylic acids is 2. The smallest absolute Gasteiger partial charge is 0.432 e. The summed E-state index contributed by atoms with van der Waals surface area (Å²) in [5, 5.41) is 11.5. The number of aromatic nitrogens is 1. The Morgan fingerprint density at radius 2 is 1.65 bits per heavy atom. The Bertz CT molecular complexity index is 1370. The van der Waals surface area contributed by atoms with Crippen LogP contribution in [0.5, 0.6) is 17.2 Å². The normalized spacial score (nSPS) is 11.8. The Kier molecular flexibility index (Phi) is 7.37. The molecule has 0 unspecified atom stereocenters. The zero-order valence-corrected chi connectivity index (χ0v) is 20.5. The summed E-state index contributed by atoms with van der Waals surface area (Å²) in [6.45, 7) is 4.42. The van der Waals surface area contributed by atoms with E-state index in [4.69, 9.17) is 14.2 Å². The van der Waals surface area contributed by atoms with Crippen LogP contribution in [0.15, 0.2) is 36.4 Å². The number of benzene rings is 2. The maximum absolute atomic E-state index is 13.8. The van der Waals surface area contributed by atoms with E-state index in [-0.39, 0.29) is 28.0 Å². The van der Waals surface area contributed by atoms with Crippen LogP contribution in [-0.4, -0.2) is 41.4 Å². The average Bonchev–Trinajstić information content (AvgIpc) is 3.18. The quantitative estimate of drug-likeness (QED) is 0.223. The highest BCUT2D eigenvalue weighted by molar-refractivity contribution is 5.98. The van der Waals surface area contributed by atoms with Gasteiger partial charge in [-0.05, 0) is 56.7 Å². The van der Waals surface area contributed by atoms with Crippen molar-refractivity contribution >= 4 is 28.7 Å². The first-order chi connectivity index (χ1) is 17.2. The summed E-state index contributed by atoms with van der Waals surface area (Å²) in [5.41, 5.74) is -3.25. The first-order valence-electron chi connectivity index (χ1n) is 10.7. The molecular formula is C24H23F3N2O8. The van der Waals surface area contributed by atoms with E-state index in [1.807, 2.05) is 0 Å². The maximum atomic E-state index is 13.8. The number of nitro groups is 1. The largest absolute Gasteiger partial charge is 0.493 e. The number of rotatable bonds is 6. The van der Waals surface area contributed by atoms with Crippen molar-refractivity contribution in [3.05, 3.63) is 57.8 Å². The van der Waals surface area contributed by atoms with Crippen LogP contribution in [0.25, 0.3) is 10.9 Å². The SMILES string of the molecule is COC(=O)Cc1ccc(Oc2ccc3c(cc(C(F)(F)F)n3C(=O)OC(C)(C)C)c2[N+](=O)[O-])c(OC)c1. The second kappa shape index (κ2) is 9.99. The van der Waals surface area contributed by atoms with E-state index in [1.165, 1.54) is 53.2 Å². The number of esters is 1. The molecule has 37 heavy (non-hydrogen) atoms. The van der Waals surface area contributed by atoms with Gasteiger partial charge in [-0.25, -0.2) is 9.36 Å². The topological polar surface area (TPSA) is 119 Å². The number of hydrogen-bond acceptors (Lipinski definition) is 8. The van der Waals surface area contributed by atoms with Crippen molar-refractivity contribution in [3.63, 3.8) is 0 Å². The van der Waals surface area contributed by atoms with Gasteiger partial charge in [0.2, 0.25) is 5.75 Å². The average molecular weight is 524 g/mol. The van der Waals surface area contributed by atoms with Crippen molar-refractivity contribution in [2.75, 3.05) is 14.2 Å². The van der Waals surface area contributed by atoms with E-state index >= 15 is 0 Å². The monoisotopic (exact) mass is 524 g/mol. The molecule has 0 amide bonds. The molecule has 3 rings (SSSR count). The molecule has 198 valence electrons. The molecule has 0 radical (unpaired) electrons. The van der Waals surface area contributed by atoms with Crippen molar-refractivity contribution < 1.29 is 46.6 Å². The van der Waals surface area contributed by atoms with E-state index < -0.39 is 51.3 Å². The van der Waals surface area contributed by atoms with Crippen molar-refractivity contribution in [3.8, 4) is 17.2 Å². The van der Waals surface area contributed by atoms with Crippen molar-refractivity contribution in [1.82, 2.24) is 4.57 Å². The molecule has 13 heteroatoms. The fourth-order valence-electron chi connectivity index (χ4n) is 3.49. The standard InChI is InChI=1S/C24H23F3N2O8/c1-23(2,3)37-22(31)28-15-7-9-17(21(29(32)33)14(15)12-19(28)24(25,26)27)36-16-8-6-13(10-18(16)34-4)11-20(30)35-5/h6-10,12H,11H2,1-5H3. The molecular weight excluding hydrogens is 501 g/mol. The highest BCUT2D eigenvalue weighted by Crippen LogP contribution is 2.44. The molecule has 3 aromatic rings. The summed E-state index contributed by atoms with van der Waals surface area (Å²) >= 11 is 0. The van der Waals surface area contributed by atoms with E-state index in [2.05, 4.69) is 4.74 Å². The molecule has 2 aromatic carbocycles. The molecule has 0 atom stereocenters. The lowest BCUT2D eigenvalue weighted by molar-refractivity contribution is -0.383. The van der Waals surface area contributed by atoms with Gasteiger partial charge in [0.1, 0.15) is 11.3 Å². The number of nitro benzene ring substituents is 1. The first kappa shape index (κ1) is 27.3. The maximum Gasteiger partial charge on any atom is 0.432 e. The lowest BCUT2D eigenvalue weighted by atomic mass is 10.1. The Morgan fingerprint density at radius 1 is 1.00 bits per heavy atom. The third kappa shape index (κ3) is 5.93. The number of methoxy groups -OCH3 is 2. The molecule has 0 bridgehead atoms. The molecule has 10 nitrogen and oxygen atoms in total. The second-order valence-corrected chi connectivity index (χ2v) is 8.79. The van der Waals surface area contributed by atoms with E-state index in [9.17, 15) is 32.9 Å². The van der Waals surface area contributed by atoms with Gasteiger partial charge in [-0.1, -0.05) is 6.07 Å². The van der Waals surface area contributed by atoms with Crippen LogP contribution >= 0.6 is 0 Å². The molecule has 0 saturated carbocycles. The molecule has 0 N–H and O–H groups in total. The fourth-order valence-corrected chi connectivity index (χ4v) is 3.49. The highest BCUT2D eigenvalue weighted by atomic mass is 19.4. The van der Waals surface area contributed by atoms with Gasteiger partial charge in [0.05, 0.1) is 36.5 Å². The lowest BCUT2D eigenvalue weighted by Crippen LogP contribution is -2.29. The Morgan fingerprint density at radius 3 is 2.19 bits per heavy atom. The molecule has 0 fully saturated rings. The second-order valence-electron chi connectivity index (χ2n) is 8.79. The summed E-state index contributed by atoms with van der Waals surface area (Å²) in [5.74, 6) is -0.794. The number of ether oxygens (including phenoxy) is 4. The number of alkyl halides is 3. The number of nitrogens with zero attached hydrogens (tertiary/aromatic N) is 2. The zero-order chi connectivity index (χ0) is 27.7. The summed E-state index contributed by atoms with van der Waals surface area (Å²) in [4.78, 5) is 35.3. The summed E-state index contributed by atoms with van der Waals surface area (Å²) in [6, 6.07) is 7.01. The number of halogens is 3. The minimum Gasteiger partial charge on any atom is -0.493 e. The van der Waals surface area contributed by atoms with E-state index in [0.717, 1.165) is 12.1 Å². The van der Waals surface area contributed by atoms with Gasteiger partial charge in [-0.2, -0.15) is 13.2 Å². The van der Waals surface area contributed by atoms with Gasteiger partial charge in [0.15, 0.2) is 11.5 Å². The van der Waals surface area contributed by atoms with Crippen LogP contribution in [0.1, 0.15) is 32.0 Å². The summed E-state index contributed by atoms with van der Waals surface area (Å²) in [6.07, 6.45) is -6.44. The third-order valence-corrected chi connectivity index (χ3v) is 4.99. The number of carbonyl (C=O) groups is 2. The predicted molar refractivity (Wildman–Crippen MR) is 124 cm³/mol. The first-order valence-corrected chi connectivity index (χ1v) is 10.7. The van der Waals surface area contributed by atoms with Gasteiger partial charge in [0.25, 0.3) is 0 Å². The molecule has 0 saturated heterocycles. The molecule has 0 spiro atoms. The van der Waals surface area contributed by atoms with Gasteiger partial charge >= 0.3 is 23.9 Å². The van der Waals surface area contributed by atoms with Gasteiger partial charge in [-0.15, -0.1) is 0 Å². The van der Waals surface area contributed by atoms with Crippen LogP contribution < -0.4 is 9.47 Å². The lowest BCUT2D eigenvalue weighted by Gasteiger charge is -2.21. The Labute approximate surface area is 208 Å². The van der Waals surface area contributed by atoms with Gasteiger partial charge in [-0.3, -0.25) is 14.9 Å². The van der Waals surface area contributed by atoms with Crippen LogP contribution in [0.2, 0.25) is 0 Å². The molecule has 0 aliphatic carbocycles. The predicted octanol–water partition coefficient (Wildman–Crippen LogP) is 5.87. The third-order valence-electron chi connectivity index (χ3n) is 4.99. The minimum absolute atomic E-state index is 0.00110. The van der Waals surface area contributed by atoms with Crippen molar-refractivity contribution in [1.29, 1.82) is 0 Å². The van der Waals surface area contributed by atoms with Crippen LogP contribution in [0.4, 0.5) is 23.7 Å². The molecule has 1 heterocycles. The van der Waals surface area contributed by atoms with E-state index in [1.54, 1.807) is 0 Å². The Hall–Kier alpha value is -4.29. The molecule has 1 aromatic heterocycles. The Balaban J connectivity index is 2.17. The molecule has 0 aliphatic heterocycles. The van der Waals surface area contributed by atoms with E-state index in [0.29, 0.717) is 11.6 Å². The number of hydrogen-bond donors (Lipinski definition) is 0. The number of fused-ring (bicyclic) bond motifs is 1. The van der Waals surface area contributed by atoms with Crippen LogP contribution in [0, 0.1) is 10.1 Å². The summed E-state index contributed by atoms with van der Waals surface area (Å²) in [7, 11) is 2.53. The molecule has 0 aliphatic rings. The van der Waals surface area contributed by atoms with Crippen LogP contribution in [-0.2, 0) is 26.9 Å². The fraction of sp³-hybridized carbons (Fsp3) is 0.333. The van der Waals surface area contributed by atoms with Crippen molar-refractivity contribution in [2.45, 2.75) is 39.0 Å². The zero-order valence-electron chi connectivity index (χ0n) is 20.5. The van der Waals surface area contributed by atoms with Gasteiger partial charge < -0.3 is 18.9 Å². The summed E-state index contributed by atoms with van der Waals surface area (Å²) < 4.78 is 62.4. The van der Waals surface area contributed by atoms with Crippen molar-refractivity contribution in [2.24, 2.45) is 0 Å².